The molecule has 0 saturated carbocycles. The Labute approximate surface area is 164 Å². The van der Waals surface area contributed by atoms with Crippen molar-refractivity contribution in [1.82, 2.24) is 10.2 Å². The zero-order chi connectivity index (χ0) is 18.7. The maximum absolute atomic E-state index is 12.6. The third kappa shape index (κ3) is 4.00. The van der Waals surface area contributed by atoms with E-state index in [-0.39, 0.29) is 29.6 Å². The van der Waals surface area contributed by atoms with Gasteiger partial charge in [0, 0.05) is 54.7 Å². The summed E-state index contributed by atoms with van der Waals surface area (Å²) in [5, 5.41) is 4.28. The molecule has 2 saturated heterocycles. The number of amides is 2. The van der Waals surface area contributed by atoms with E-state index in [1.807, 2.05) is 19.1 Å². The molecule has 0 aliphatic carbocycles. The molecule has 0 radical (unpaired) electrons. The summed E-state index contributed by atoms with van der Waals surface area (Å²) in [4.78, 5) is 26.2. The van der Waals surface area contributed by atoms with Gasteiger partial charge in [0.1, 0.15) is 0 Å². The Bertz CT molecular complexity index is 689. The van der Waals surface area contributed by atoms with Crippen LogP contribution in [0, 0.1) is 5.92 Å². The highest BCUT2D eigenvalue weighted by Crippen LogP contribution is 2.39. The van der Waals surface area contributed by atoms with Crippen molar-refractivity contribution in [1.29, 1.82) is 0 Å². The Morgan fingerprint density at radius 3 is 2.69 bits per heavy atom. The zero-order valence-electron chi connectivity index (χ0n) is 14.9. The average Bonchev–Trinajstić information content (AvgIpc) is 3.01. The van der Waals surface area contributed by atoms with Crippen LogP contribution in [0.5, 0.6) is 0 Å². The van der Waals surface area contributed by atoms with Gasteiger partial charge in [-0.2, -0.15) is 0 Å². The molecule has 1 atom stereocenters. The molecule has 26 heavy (non-hydrogen) atoms. The molecule has 3 rings (SSSR count). The van der Waals surface area contributed by atoms with Gasteiger partial charge in [-0.3, -0.25) is 9.59 Å². The molecular weight excluding hydrogens is 375 g/mol. The number of rotatable bonds is 5. The summed E-state index contributed by atoms with van der Waals surface area (Å²) in [5.41, 5.74) is 0.715. The van der Waals surface area contributed by atoms with Gasteiger partial charge in [0.05, 0.1) is 5.92 Å². The van der Waals surface area contributed by atoms with Crippen molar-refractivity contribution < 1.29 is 14.3 Å². The lowest BCUT2D eigenvalue weighted by Crippen LogP contribution is -2.46. The molecule has 1 aromatic rings. The van der Waals surface area contributed by atoms with Gasteiger partial charge in [0.25, 0.3) is 0 Å². The van der Waals surface area contributed by atoms with Crippen LogP contribution in [0.3, 0.4) is 0 Å². The molecule has 2 fully saturated rings. The third-order valence-corrected chi connectivity index (χ3v) is 6.07. The second-order valence-corrected chi connectivity index (χ2v) is 7.91. The summed E-state index contributed by atoms with van der Waals surface area (Å²) < 4.78 is 5.53. The van der Waals surface area contributed by atoms with Crippen LogP contribution >= 0.6 is 23.2 Å². The predicted molar refractivity (Wildman–Crippen MR) is 102 cm³/mol. The number of carbonyl (C=O) groups is 2. The molecule has 0 bridgehead atoms. The van der Waals surface area contributed by atoms with Crippen LogP contribution < -0.4 is 5.32 Å². The lowest BCUT2D eigenvalue weighted by molar-refractivity contribution is -0.129. The molecule has 2 amide bonds. The first-order chi connectivity index (χ1) is 12.4. The van der Waals surface area contributed by atoms with Gasteiger partial charge in [-0.25, -0.2) is 0 Å². The average molecular weight is 399 g/mol. The quantitative estimate of drug-likeness (QED) is 0.828. The Balaban J connectivity index is 1.73. The van der Waals surface area contributed by atoms with E-state index in [1.165, 1.54) is 0 Å². The van der Waals surface area contributed by atoms with Gasteiger partial charge in [0.2, 0.25) is 11.8 Å². The molecule has 5 nitrogen and oxygen atoms in total. The first-order valence-electron chi connectivity index (χ1n) is 9.04. The van der Waals surface area contributed by atoms with E-state index < -0.39 is 0 Å². The van der Waals surface area contributed by atoms with Gasteiger partial charge < -0.3 is 15.0 Å². The summed E-state index contributed by atoms with van der Waals surface area (Å²) in [5.74, 6) is -0.292. The summed E-state index contributed by atoms with van der Waals surface area (Å²) >= 11 is 12.5. The lowest BCUT2D eigenvalue weighted by Gasteiger charge is -2.38. The van der Waals surface area contributed by atoms with E-state index in [4.69, 9.17) is 27.9 Å². The van der Waals surface area contributed by atoms with Crippen LogP contribution in [0.25, 0.3) is 0 Å². The summed E-state index contributed by atoms with van der Waals surface area (Å²) in [6.07, 6.45) is 1.84. The van der Waals surface area contributed by atoms with Crippen molar-refractivity contribution in [3.63, 3.8) is 0 Å². The molecule has 1 unspecified atom stereocenters. The number of carbonyl (C=O) groups excluding carboxylic acids is 2. The molecule has 0 aromatic heterocycles. The van der Waals surface area contributed by atoms with Crippen LogP contribution in [0.1, 0.15) is 31.7 Å². The van der Waals surface area contributed by atoms with Gasteiger partial charge >= 0.3 is 0 Å². The van der Waals surface area contributed by atoms with Crippen molar-refractivity contribution in [2.45, 2.75) is 31.6 Å². The van der Waals surface area contributed by atoms with E-state index in [9.17, 15) is 9.59 Å². The molecule has 1 aromatic carbocycles. The number of hydrogen-bond donors (Lipinski definition) is 1. The van der Waals surface area contributed by atoms with Gasteiger partial charge in [-0.05, 0) is 37.5 Å². The minimum absolute atomic E-state index is 0.0502. The van der Waals surface area contributed by atoms with E-state index in [0.717, 1.165) is 18.4 Å². The normalized spacial score (nSPS) is 22.5. The number of nitrogens with one attached hydrogen (secondary N) is 1. The van der Waals surface area contributed by atoms with Crippen molar-refractivity contribution in [3.05, 3.63) is 33.8 Å². The topological polar surface area (TPSA) is 58.6 Å². The van der Waals surface area contributed by atoms with Crippen LogP contribution in [0.2, 0.25) is 10.0 Å². The number of hydrogen-bond acceptors (Lipinski definition) is 3. The maximum atomic E-state index is 12.6. The first-order valence-corrected chi connectivity index (χ1v) is 9.79. The van der Waals surface area contributed by atoms with E-state index in [0.29, 0.717) is 42.9 Å². The second kappa shape index (κ2) is 8.15. The monoisotopic (exact) mass is 398 g/mol. The van der Waals surface area contributed by atoms with Crippen molar-refractivity contribution in [2.75, 3.05) is 32.8 Å². The van der Waals surface area contributed by atoms with Gasteiger partial charge in [-0.15, -0.1) is 0 Å². The molecule has 142 valence electrons. The fraction of sp³-hybridized carbons (Fsp3) is 0.579. The molecule has 0 spiro atoms. The van der Waals surface area contributed by atoms with Crippen molar-refractivity contribution >= 4 is 35.0 Å². The molecule has 2 aliphatic heterocycles. The Hall–Kier alpha value is -1.30. The SMILES string of the molecule is CCN1CC(C(=O)NCC2(c3ccc(Cl)cc3Cl)CCOCC2)CC1=O. The highest BCUT2D eigenvalue weighted by molar-refractivity contribution is 6.35. The first kappa shape index (κ1) is 19.5. The molecule has 2 aliphatic rings. The van der Waals surface area contributed by atoms with Crippen LogP contribution in [-0.4, -0.2) is 49.6 Å². The second-order valence-electron chi connectivity index (χ2n) is 7.07. The smallest absolute Gasteiger partial charge is 0.225 e. The minimum Gasteiger partial charge on any atom is -0.381 e. The third-order valence-electron chi connectivity index (χ3n) is 5.52. The summed E-state index contributed by atoms with van der Waals surface area (Å²) in [6, 6.07) is 5.52. The fourth-order valence-corrected chi connectivity index (χ4v) is 4.49. The zero-order valence-corrected chi connectivity index (χ0v) is 16.4. The molecule has 7 heteroatoms. The Kier molecular flexibility index (Phi) is 6.10. The maximum Gasteiger partial charge on any atom is 0.225 e. The Morgan fingerprint density at radius 1 is 1.35 bits per heavy atom. The van der Waals surface area contributed by atoms with E-state index in [2.05, 4.69) is 5.32 Å². The van der Waals surface area contributed by atoms with Crippen LogP contribution in [-0.2, 0) is 19.7 Å². The van der Waals surface area contributed by atoms with Crippen LogP contribution in [0.15, 0.2) is 18.2 Å². The number of nitrogens with zero attached hydrogens (tertiary/aromatic N) is 1. The number of likely N-dealkylation sites (tertiary alicyclic amines) is 1. The fourth-order valence-electron chi connectivity index (χ4n) is 3.88. The summed E-state index contributed by atoms with van der Waals surface area (Å²) in [7, 11) is 0. The van der Waals surface area contributed by atoms with Gasteiger partial charge in [-0.1, -0.05) is 29.3 Å². The van der Waals surface area contributed by atoms with Crippen LogP contribution in [0.4, 0.5) is 0 Å². The number of halogens is 2. The van der Waals surface area contributed by atoms with Crippen molar-refractivity contribution in [2.24, 2.45) is 5.92 Å². The largest absolute Gasteiger partial charge is 0.381 e. The Morgan fingerprint density at radius 2 is 2.08 bits per heavy atom. The lowest BCUT2D eigenvalue weighted by atomic mass is 9.74. The highest BCUT2D eigenvalue weighted by atomic mass is 35.5. The number of ether oxygens (including phenoxy) is 1. The number of benzene rings is 1. The predicted octanol–water partition coefficient (Wildman–Crippen LogP) is 3.03. The molecular formula is C19H24Cl2N2O3. The van der Waals surface area contributed by atoms with Gasteiger partial charge in [0.15, 0.2) is 0 Å². The molecule has 1 N–H and O–H groups in total. The van der Waals surface area contributed by atoms with E-state index in [1.54, 1.807) is 11.0 Å². The minimum atomic E-state index is -0.278. The van der Waals surface area contributed by atoms with Crippen molar-refractivity contribution in [3.8, 4) is 0 Å². The highest BCUT2D eigenvalue weighted by Gasteiger charge is 2.38. The molecule has 2 heterocycles. The van der Waals surface area contributed by atoms with E-state index >= 15 is 0 Å². The summed E-state index contributed by atoms with van der Waals surface area (Å²) in [6.45, 7) is 4.80. The standard InChI is InChI=1S/C19H24Cl2N2O3/c1-2-23-11-13(9-17(23)24)18(25)22-12-19(5-7-26-8-6-19)15-4-3-14(20)10-16(15)21/h3-4,10,13H,2,5-9,11-12H2,1H3,(H,22,25).